The molecular formula is C27H44ClN5S. The minimum absolute atomic E-state index is 0.178. The molecule has 6 aliphatic rings. The van der Waals surface area contributed by atoms with Gasteiger partial charge in [0.1, 0.15) is 0 Å². The number of alkyl halides is 1. The lowest BCUT2D eigenvalue weighted by Gasteiger charge is -2.49. The van der Waals surface area contributed by atoms with Gasteiger partial charge in [-0.1, -0.05) is 0 Å². The standard InChI is InChI=1S/C27H44ClN5S/c1-27(2,14-29)18-7-3-15(4-8-18)25-24-19-11-16(5-9-20(19)30-13-21(24)32-33-25)22-12-17-6-10-23(28)31-26(17)34-22/h15-26,30-33H,3-13H2,1-2H3. The number of nitrogens with zero attached hydrogens (tertiary/aromatic N) is 1. The first-order valence-corrected chi connectivity index (χ1v) is 15.5. The second-order valence-corrected chi connectivity index (χ2v) is 14.9. The lowest BCUT2D eigenvalue weighted by molar-refractivity contribution is 0.0637. The fourth-order valence-electron chi connectivity index (χ4n) is 8.80. The van der Waals surface area contributed by atoms with E-state index in [0.29, 0.717) is 29.4 Å². The molecular weight excluding hydrogens is 462 g/mol. The summed E-state index contributed by atoms with van der Waals surface area (Å²) >= 11 is 8.67. The van der Waals surface area contributed by atoms with Crippen molar-refractivity contribution in [2.75, 3.05) is 6.54 Å². The summed E-state index contributed by atoms with van der Waals surface area (Å²) in [7, 11) is 0. The minimum atomic E-state index is -0.181. The summed E-state index contributed by atoms with van der Waals surface area (Å²) in [5, 5.41) is 18.6. The van der Waals surface area contributed by atoms with Crippen molar-refractivity contribution >= 4 is 23.4 Å². The van der Waals surface area contributed by atoms with E-state index in [1.165, 1.54) is 57.8 Å². The zero-order valence-corrected chi connectivity index (χ0v) is 22.5. The Kier molecular flexibility index (Phi) is 6.93. The molecule has 4 saturated heterocycles. The summed E-state index contributed by atoms with van der Waals surface area (Å²) in [6.45, 7) is 5.39. The predicted molar refractivity (Wildman–Crippen MR) is 140 cm³/mol. The molecule has 10 atom stereocenters. The molecule has 6 rings (SSSR count). The molecule has 5 nitrogen and oxygen atoms in total. The molecule has 34 heavy (non-hydrogen) atoms. The summed E-state index contributed by atoms with van der Waals surface area (Å²) in [5.74, 6) is 4.54. The molecule has 0 bridgehead atoms. The molecule has 190 valence electrons. The normalized spacial score (nSPS) is 51.2. The highest BCUT2D eigenvalue weighted by Crippen LogP contribution is 2.52. The molecule has 0 aromatic heterocycles. The Bertz CT molecular complexity index is 779. The van der Waals surface area contributed by atoms with Gasteiger partial charge in [0, 0.05) is 29.9 Å². The molecule has 10 unspecified atom stereocenters. The van der Waals surface area contributed by atoms with Crippen molar-refractivity contribution in [3.8, 4) is 6.07 Å². The summed E-state index contributed by atoms with van der Waals surface area (Å²) in [4.78, 5) is 0. The number of thioether (sulfide) groups is 1. The highest BCUT2D eigenvalue weighted by atomic mass is 35.5. The Morgan fingerprint density at radius 1 is 0.882 bits per heavy atom. The molecule has 6 fully saturated rings. The summed E-state index contributed by atoms with van der Waals surface area (Å²) in [6, 6.07) is 4.45. The van der Waals surface area contributed by atoms with Crippen LogP contribution in [0.2, 0.25) is 0 Å². The maximum Gasteiger partial charge on any atom is 0.0834 e. The molecule has 4 N–H and O–H groups in total. The zero-order chi connectivity index (χ0) is 23.4. The second-order valence-electron chi connectivity index (χ2n) is 13.0. The molecule has 7 heteroatoms. The molecule has 2 saturated carbocycles. The lowest BCUT2D eigenvalue weighted by atomic mass is 9.61. The minimum Gasteiger partial charge on any atom is -0.312 e. The van der Waals surface area contributed by atoms with Crippen LogP contribution in [0.3, 0.4) is 0 Å². The van der Waals surface area contributed by atoms with Crippen LogP contribution in [-0.4, -0.2) is 40.8 Å². The Morgan fingerprint density at radius 3 is 2.44 bits per heavy atom. The van der Waals surface area contributed by atoms with Gasteiger partial charge in [-0.3, -0.25) is 16.2 Å². The molecule has 0 radical (unpaired) electrons. The Morgan fingerprint density at radius 2 is 1.65 bits per heavy atom. The van der Waals surface area contributed by atoms with Crippen LogP contribution in [0.25, 0.3) is 0 Å². The van der Waals surface area contributed by atoms with Gasteiger partial charge in [-0.05, 0) is 114 Å². The molecule has 2 aliphatic carbocycles. The fraction of sp³-hybridized carbons (Fsp3) is 0.963. The number of hydrogen-bond acceptors (Lipinski definition) is 6. The molecule has 0 aromatic rings. The van der Waals surface area contributed by atoms with E-state index in [9.17, 15) is 5.26 Å². The topological polar surface area (TPSA) is 71.9 Å². The second kappa shape index (κ2) is 9.69. The maximum atomic E-state index is 9.61. The maximum absolute atomic E-state index is 9.61. The van der Waals surface area contributed by atoms with E-state index >= 15 is 0 Å². The number of hydrazine groups is 1. The average Bonchev–Trinajstić information content (AvgIpc) is 3.48. The van der Waals surface area contributed by atoms with Crippen molar-refractivity contribution in [2.24, 2.45) is 40.9 Å². The van der Waals surface area contributed by atoms with Crippen LogP contribution >= 0.6 is 23.4 Å². The third-order valence-corrected chi connectivity index (χ3v) is 13.0. The SMILES string of the molecule is CC(C)(C#N)C1CCC(C2NNC3CNC4CCC(C5CC6CCC(Cl)NC6S5)CC4C32)CC1. The third kappa shape index (κ3) is 4.45. The molecule has 4 aliphatic heterocycles. The summed E-state index contributed by atoms with van der Waals surface area (Å²) < 4.78 is 0. The number of halogens is 1. The first-order chi connectivity index (χ1) is 16.4. The fourth-order valence-corrected chi connectivity index (χ4v) is 11.1. The van der Waals surface area contributed by atoms with Crippen molar-refractivity contribution in [3.05, 3.63) is 0 Å². The van der Waals surface area contributed by atoms with E-state index in [2.05, 4.69) is 53.2 Å². The van der Waals surface area contributed by atoms with Gasteiger partial charge in [-0.25, -0.2) is 0 Å². The predicted octanol–water partition coefficient (Wildman–Crippen LogP) is 4.59. The third-order valence-electron chi connectivity index (χ3n) is 10.9. The van der Waals surface area contributed by atoms with E-state index in [0.717, 1.165) is 47.8 Å². The smallest absolute Gasteiger partial charge is 0.0834 e. The number of hydrogen-bond donors (Lipinski definition) is 4. The van der Waals surface area contributed by atoms with E-state index in [1.807, 2.05) is 0 Å². The first-order valence-electron chi connectivity index (χ1n) is 14.1. The van der Waals surface area contributed by atoms with Gasteiger partial charge in [0.2, 0.25) is 0 Å². The number of nitrogens with one attached hydrogen (secondary N) is 4. The van der Waals surface area contributed by atoms with Crippen LogP contribution < -0.4 is 21.5 Å². The highest BCUT2D eigenvalue weighted by molar-refractivity contribution is 8.00. The molecule has 0 amide bonds. The monoisotopic (exact) mass is 505 g/mol. The van der Waals surface area contributed by atoms with Gasteiger partial charge < -0.3 is 5.32 Å². The van der Waals surface area contributed by atoms with Gasteiger partial charge in [0.25, 0.3) is 0 Å². The van der Waals surface area contributed by atoms with Crippen LogP contribution in [0.5, 0.6) is 0 Å². The van der Waals surface area contributed by atoms with Crippen LogP contribution in [0.1, 0.15) is 78.1 Å². The van der Waals surface area contributed by atoms with E-state index in [1.54, 1.807) is 0 Å². The number of rotatable bonds is 3. The van der Waals surface area contributed by atoms with E-state index < -0.39 is 0 Å². The van der Waals surface area contributed by atoms with Crippen LogP contribution in [0, 0.1) is 52.3 Å². The van der Waals surface area contributed by atoms with Crippen LogP contribution in [-0.2, 0) is 0 Å². The number of piperidine rings is 2. The molecule has 0 aromatic carbocycles. The van der Waals surface area contributed by atoms with Gasteiger partial charge in [0.15, 0.2) is 0 Å². The number of fused-ring (bicyclic) bond motifs is 4. The van der Waals surface area contributed by atoms with Crippen molar-refractivity contribution in [3.63, 3.8) is 0 Å². The van der Waals surface area contributed by atoms with Gasteiger partial charge in [0.05, 0.1) is 22.4 Å². The Hall–Kier alpha value is -0.0300. The van der Waals surface area contributed by atoms with Gasteiger partial charge >= 0.3 is 0 Å². The van der Waals surface area contributed by atoms with E-state index in [4.69, 9.17) is 11.6 Å². The van der Waals surface area contributed by atoms with Crippen molar-refractivity contribution < 1.29 is 0 Å². The largest absolute Gasteiger partial charge is 0.312 e. The van der Waals surface area contributed by atoms with Crippen molar-refractivity contribution in [2.45, 2.75) is 112 Å². The molecule has 0 spiro atoms. The number of nitriles is 1. The van der Waals surface area contributed by atoms with Gasteiger partial charge in [-0.15, -0.1) is 23.4 Å². The Labute approximate surface area is 215 Å². The average molecular weight is 506 g/mol. The zero-order valence-electron chi connectivity index (χ0n) is 20.9. The van der Waals surface area contributed by atoms with E-state index in [-0.39, 0.29) is 10.9 Å². The lowest BCUT2D eigenvalue weighted by Crippen LogP contribution is -2.58. The summed E-state index contributed by atoms with van der Waals surface area (Å²) in [6.07, 6.45) is 13.0. The first kappa shape index (κ1) is 24.3. The van der Waals surface area contributed by atoms with Crippen LogP contribution in [0.15, 0.2) is 0 Å². The van der Waals surface area contributed by atoms with Crippen LogP contribution in [0.4, 0.5) is 0 Å². The Balaban J connectivity index is 1.12. The highest BCUT2D eigenvalue weighted by Gasteiger charge is 2.53. The van der Waals surface area contributed by atoms with Gasteiger partial charge in [-0.2, -0.15) is 5.26 Å². The van der Waals surface area contributed by atoms with Crippen molar-refractivity contribution in [1.29, 1.82) is 5.26 Å². The van der Waals surface area contributed by atoms with Crippen molar-refractivity contribution in [1.82, 2.24) is 21.5 Å². The quantitative estimate of drug-likeness (QED) is 0.332. The molecule has 4 heterocycles. The summed E-state index contributed by atoms with van der Waals surface area (Å²) in [5.41, 5.74) is 7.54.